The minimum absolute atomic E-state index is 0.320. The van der Waals surface area contributed by atoms with Crippen molar-refractivity contribution < 1.29 is 0 Å². The zero-order valence-corrected chi connectivity index (χ0v) is 13.9. The molecule has 0 aliphatic heterocycles. The first-order chi connectivity index (χ1) is 8.30. The predicted molar refractivity (Wildman–Crippen MR) is 84.8 cm³/mol. The van der Waals surface area contributed by atoms with Crippen molar-refractivity contribution in [1.82, 2.24) is 0 Å². The van der Waals surface area contributed by atoms with Gasteiger partial charge in [-0.25, -0.2) is 0 Å². The van der Waals surface area contributed by atoms with Crippen LogP contribution < -0.4 is 0 Å². The second kappa shape index (κ2) is 8.77. The molecule has 0 N–H and O–H groups in total. The Balaban J connectivity index is 4.63. The van der Waals surface area contributed by atoms with Gasteiger partial charge in [0.2, 0.25) is 0 Å². The molecule has 108 valence electrons. The molecule has 18 heavy (non-hydrogen) atoms. The molecular weight excluding hydrogens is 216 g/mol. The van der Waals surface area contributed by atoms with Crippen LogP contribution in [-0.4, -0.2) is 0 Å². The van der Waals surface area contributed by atoms with Gasteiger partial charge in [0, 0.05) is 0 Å². The summed E-state index contributed by atoms with van der Waals surface area (Å²) in [6, 6.07) is 0. The zero-order valence-electron chi connectivity index (χ0n) is 13.9. The van der Waals surface area contributed by atoms with Gasteiger partial charge in [0.1, 0.15) is 0 Å². The topological polar surface area (TPSA) is 0 Å². The van der Waals surface area contributed by atoms with Crippen LogP contribution in [0.4, 0.5) is 0 Å². The fraction of sp³-hybridized carbons (Fsp3) is 0.889. The first kappa shape index (κ1) is 17.7. The fourth-order valence-electron chi connectivity index (χ4n) is 2.52. The van der Waals surface area contributed by atoms with Crippen molar-refractivity contribution in [2.24, 2.45) is 23.2 Å². The Morgan fingerprint density at radius 1 is 0.944 bits per heavy atom. The first-order valence-electron chi connectivity index (χ1n) is 7.99. The highest BCUT2D eigenvalue weighted by molar-refractivity contribution is 4.97. The van der Waals surface area contributed by atoms with Gasteiger partial charge in [-0.1, -0.05) is 86.3 Å². The third kappa shape index (κ3) is 8.78. The molecule has 2 unspecified atom stereocenters. The molecule has 0 rings (SSSR count). The Labute approximate surface area is 116 Å². The quantitative estimate of drug-likeness (QED) is 0.434. The van der Waals surface area contributed by atoms with E-state index in [4.69, 9.17) is 0 Å². The summed E-state index contributed by atoms with van der Waals surface area (Å²) >= 11 is 0. The van der Waals surface area contributed by atoms with Gasteiger partial charge in [-0.2, -0.15) is 0 Å². The third-order valence-electron chi connectivity index (χ3n) is 3.71. The van der Waals surface area contributed by atoms with Crippen LogP contribution in [0.5, 0.6) is 0 Å². The molecule has 0 saturated heterocycles. The maximum absolute atomic E-state index is 2.52. The van der Waals surface area contributed by atoms with E-state index in [1.807, 2.05) is 0 Å². The van der Waals surface area contributed by atoms with Crippen LogP contribution in [0, 0.1) is 23.2 Å². The van der Waals surface area contributed by atoms with Gasteiger partial charge >= 0.3 is 0 Å². The lowest BCUT2D eigenvalue weighted by Gasteiger charge is -2.25. The van der Waals surface area contributed by atoms with Gasteiger partial charge in [-0.3, -0.25) is 0 Å². The summed E-state index contributed by atoms with van der Waals surface area (Å²) < 4.78 is 0. The van der Waals surface area contributed by atoms with E-state index in [2.05, 4.69) is 60.6 Å². The van der Waals surface area contributed by atoms with Crippen LogP contribution >= 0.6 is 0 Å². The highest BCUT2D eigenvalue weighted by atomic mass is 14.2. The van der Waals surface area contributed by atoms with Crippen LogP contribution in [0.3, 0.4) is 0 Å². The van der Waals surface area contributed by atoms with Crippen molar-refractivity contribution in [3.05, 3.63) is 12.2 Å². The number of rotatable bonds is 8. The van der Waals surface area contributed by atoms with Crippen LogP contribution in [0.2, 0.25) is 0 Å². The zero-order chi connectivity index (χ0) is 14.2. The molecule has 0 aliphatic rings. The van der Waals surface area contributed by atoms with Crippen molar-refractivity contribution in [1.29, 1.82) is 0 Å². The molecule has 0 amide bonds. The largest absolute Gasteiger partial charge is 0.0846 e. The normalized spacial score (nSPS) is 16.4. The molecule has 0 aromatic rings. The standard InChI is InChI=1S/C18H36/c1-8-10-16(9-2)17(12-11-15(3)4)13-14-18(5,6)7/h13-17H,8-12H2,1-7H3/b14-13+. The smallest absolute Gasteiger partial charge is 0.0203 e. The van der Waals surface area contributed by atoms with Crippen molar-refractivity contribution in [2.45, 2.75) is 80.6 Å². The Morgan fingerprint density at radius 3 is 1.94 bits per heavy atom. The van der Waals surface area contributed by atoms with E-state index in [1.54, 1.807) is 0 Å². The average molecular weight is 252 g/mol. The van der Waals surface area contributed by atoms with Crippen molar-refractivity contribution in [3.63, 3.8) is 0 Å². The van der Waals surface area contributed by atoms with E-state index < -0.39 is 0 Å². The lowest BCUT2D eigenvalue weighted by atomic mass is 9.80. The van der Waals surface area contributed by atoms with Gasteiger partial charge in [-0.05, 0) is 29.6 Å². The fourth-order valence-corrected chi connectivity index (χ4v) is 2.52. The van der Waals surface area contributed by atoms with Crippen molar-refractivity contribution in [2.75, 3.05) is 0 Å². The van der Waals surface area contributed by atoms with E-state index in [1.165, 1.54) is 32.1 Å². The number of hydrogen-bond donors (Lipinski definition) is 0. The van der Waals surface area contributed by atoms with Gasteiger partial charge in [0.05, 0.1) is 0 Å². The molecule has 0 aromatic carbocycles. The Hall–Kier alpha value is -0.260. The molecule has 0 radical (unpaired) electrons. The average Bonchev–Trinajstić information content (AvgIpc) is 2.25. The first-order valence-corrected chi connectivity index (χ1v) is 7.99. The molecule has 2 atom stereocenters. The number of hydrogen-bond acceptors (Lipinski definition) is 0. The third-order valence-corrected chi connectivity index (χ3v) is 3.71. The molecule has 0 heterocycles. The van der Waals surface area contributed by atoms with E-state index >= 15 is 0 Å². The summed E-state index contributed by atoms with van der Waals surface area (Å²) in [6.45, 7) is 16.2. The number of allylic oxidation sites excluding steroid dienone is 2. The molecule has 0 nitrogen and oxygen atoms in total. The monoisotopic (exact) mass is 252 g/mol. The van der Waals surface area contributed by atoms with E-state index in [9.17, 15) is 0 Å². The van der Waals surface area contributed by atoms with Crippen molar-refractivity contribution >= 4 is 0 Å². The summed E-state index contributed by atoms with van der Waals surface area (Å²) in [7, 11) is 0. The summed E-state index contributed by atoms with van der Waals surface area (Å²) in [4.78, 5) is 0. The predicted octanol–water partition coefficient (Wildman–Crippen LogP) is 6.47. The summed E-state index contributed by atoms with van der Waals surface area (Å²) in [5, 5.41) is 0. The molecule has 0 spiro atoms. The minimum Gasteiger partial charge on any atom is -0.0846 e. The van der Waals surface area contributed by atoms with Gasteiger partial charge in [0.15, 0.2) is 0 Å². The maximum atomic E-state index is 2.52. The Bertz CT molecular complexity index is 217. The van der Waals surface area contributed by atoms with Crippen molar-refractivity contribution in [3.8, 4) is 0 Å². The van der Waals surface area contributed by atoms with Crippen LogP contribution in [0.15, 0.2) is 12.2 Å². The molecule has 0 heteroatoms. The highest BCUT2D eigenvalue weighted by Crippen LogP contribution is 2.29. The lowest BCUT2D eigenvalue weighted by Crippen LogP contribution is -2.14. The molecule has 0 bridgehead atoms. The van der Waals surface area contributed by atoms with Crippen LogP contribution in [0.1, 0.15) is 80.6 Å². The molecule has 0 fully saturated rings. The Morgan fingerprint density at radius 2 is 1.56 bits per heavy atom. The molecule has 0 saturated carbocycles. The highest BCUT2D eigenvalue weighted by Gasteiger charge is 2.18. The van der Waals surface area contributed by atoms with E-state index in [-0.39, 0.29) is 0 Å². The van der Waals surface area contributed by atoms with Crippen LogP contribution in [0.25, 0.3) is 0 Å². The SMILES string of the molecule is CCCC(CC)C(/C=C/C(C)(C)C)CCC(C)C. The molecular formula is C18H36. The summed E-state index contributed by atoms with van der Waals surface area (Å²) in [5.41, 5.74) is 0.320. The van der Waals surface area contributed by atoms with Gasteiger partial charge in [0.25, 0.3) is 0 Å². The molecule has 0 aliphatic carbocycles. The van der Waals surface area contributed by atoms with Crippen LogP contribution in [-0.2, 0) is 0 Å². The second-order valence-corrected chi connectivity index (χ2v) is 7.32. The lowest BCUT2D eigenvalue weighted by molar-refractivity contribution is 0.316. The van der Waals surface area contributed by atoms with Gasteiger partial charge < -0.3 is 0 Å². The summed E-state index contributed by atoms with van der Waals surface area (Å²) in [5.74, 6) is 2.50. The van der Waals surface area contributed by atoms with E-state index in [0.29, 0.717) is 5.41 Å². The second-order valence-electron chi connectivity index (χ2n) is 7.32. The summed E-state index contributed by atoms with van der Waals surface area (Å²) in [6.07, 6.45) is 11.7. The maximum Gasteiger partial charge on any atom is -0.0203 e. The van der Waals surface area contributed by atoms with Gasteiger partial charge in [-0.15, -0.1) is 0 Å². The molecule has 0 aromatic heterocycles. The van der Waals surface area contributed by atoms with E-state index in [0.717, 1.165) is 17.8 Å². The minimum atomic E-state index is 0.320. The Kier molecular flexibility index (Phi) is 8.65.